The zero-order valence-electron chi connectivity index (χ0n) is 13.4. The van der Waals surface area contributed by atoms with Gasteiger partial charge in [-0.05, 0) is 47.6 Å². The van der Waals surface area contributed by atoms with E-state index in [-0.39, 0.29) is 5.41 Å². The maximum atomic E-state index is 4.80. The molecule has 0 aliphatic rings. The molecule has 108 valence electrons. The van der Waals surface area contributed by atoms with Gasteiger partial charge in [-0.1, -0.05) is 40.7 Å². The third kappa shape index (κ3) is 3.12. The van der Waals surface area contributed by atoms with Gasteiger partial charge < -0.3 is 5.32 Å². The van der Waals surface area contributed by atoms with Gasteiger partial charge in [0.1, 0.15) is 5.82 Å². The van der Waals surface area contributed by atoms with Crippen molar-refractivity contribution in [1.82, 2.24) is 4.98 Å². The van der Waals surface area contributed by atoms with E-state index < -0.39 is 0 Å². The van der Waals surface area contributed by atoms with Crippen molar-refractivity contribution < 1.29 is 0 Å². The number of hydrogen-bond acceptors (Lipinski definition) is 2. The van der Waals surface area contributed by atoms with E-state index >= 15 is 0 Å². The van der Waals surface area contributed by atoms with Gasteiger partial charge in [0.05, 0.1) is 5.52 Å². The molecule has 0 saturated heterocycles. The smallest absolute Gasteiger partial charge is 0.129 e. The predicted octanol–water partition coefficient (Wildman–Crippen LogP) is 4.92. The minimum absolute atomic E-state index is 0.180. The third-order valence-corrected chi connectivity index (χ3v) is 3.68. The lowest BCUT2D eigenvalue weighted by atomic mass is 9.86. The maximum absolute atomic E-state index is 4.80. The van der Waals surface area contributed by atoms with E-state index in [4.69, 9.17) is 4.98 Å². The predicted molar refractivity (Wildman–Crippen MR) is 88.6 cm³/mol. The van der Waals surface area contributed by atoms with Crippen LogP contribution in [0.2, 0.25) is 0 Å². The van der Waals surface area contributed by atoms with Crippen LogP contribution < -0.4 is 5.32 Å². The molecule has 20 heavy (non-hydrogen) atoms. The summed E-state index contributed by atoms with van der Waals surface area (Å²) in [6.45, 7) is 12.1. The Bertz CT molecular complexity index is 594. The second-order valence-corrected chi connectivity index (χ2v) is 6.43. The van der Waals surface area contributed by atoms with Crippen LogP contribution in [0.5, 0.6) is 0 Å². The average molecular weight is 270 g/mol. The molecule has 0 atom stereocenters. The molecule has 0 amide bonds. The summed E-state index contributed by atoms with van der Waals surface area (Å²) in [4.78, 5) is 4.80. The highest BCUT2D eigenvalue weighted by atomic mass is 15.0. The Kier molecular flexibility index (Phi) is 4.32. The summed E-state index contributed by atoms with van der Waals surface area (Å²) < 4.78 is 0. The van der Waals surface area contributed by atoms with Crippen LogP contribution >= 0.6 is 0 Å². The Morgan fingerprint density at radius 3 is 2.45 bits per heavy atom. The summed E-state index contributed by atoms with van der Waals surface area (Å²) in [6.07, 6.45) is 2.13. The average Bonchev–Trinajstić information content (AvgIpc) is 2.42. The number of nitrogens with zero attached hydrogens (tertiary/aromatic N) is 1. The van der Waals surface area contributed by atoms with Crippen molar-refractivity contribution in [2.45, 2.75) is 52.9 Å². The Balaban J connectivity index is 2.50. The second kappa shape index (κ2) is 5.82. The molecule has 1 aromatic carbocycles. The summed E-state index contributed by atoms with van der Waals surface area (Å²) in [5.41, 5.74) is 3.92. The summed E-state index contributed by atoms with van der Waals surface area (Å²) in [5, 5.41) is 4.69. The molecule has 0 aliphatic carbocycles. The molecule has 0 fully saturated rings. The van der Waals surface area contributed by atoms with E-state index in [1.165, 1.54) is 16.5 Å². The first kappa shape index (κ1) is 14.8. The van der Waals surface area contributed by atoms with E-state index in [2.05, 4.69) is 64.2 Å². The lowest BCUT2D eigenvalue weighted by Gasteiger charge is -2.20. The number of anilines is 1. The molecule has 0 spiro atoms. The minimum atomic E-state index is 0.180. The van der Waals surface area contributed by atoms with Gasteiger partial charge in [-0.3, -0.25) is 0 Å². The molecule has 2 heteroatoms. The van der Waals surface area contributed by atoms with Crippen molar-refractivity contribution in [2.75, 3.05) is 11.9 Å². The van der Waals surface area contributed by atoms with Crippen LogP contribution in [0, 0.1) is 0 Å². The number of pyridine rings is 1. The van der Waals surface area contributed by atoms with E-state index in [0.717, 1.165) is 30.7 Å². The molecule has 0 unspecified atom stereocenters. The van der Waals surface area contributed by atoms with Crippen LogP contribution in [0.25, 0.3) is 10.9 Å². The summed E-state index contributed by atoms with van der Waals surface area (Å²) >= 11 is 0. The number of fused-ring (bicyclic) bond motifs is 1. The van der Waals surface area contributed by atoms with Gasteiger partial charge in [0.2, 0.25) is 0 Å². The van der Waals surface area contributed by atoms with E-state index in [1.54, 1.807) is 0 Å². The summed E-state index contributed by atoms with van der Waals surface area (Å²) in [7, 11) is 0. The first-order valence-corrected chi connectivity index (χ1v) is 7.63. The standard InChI is InChI=1S/C18H26N2/c1-6-10-19-17-13(7-2)11-14-12-15(18(3,4)5)8-9-16(14)20-17/h8-9,11-12H,6-7,10H2,1-5H3,(H,19,20). The van der Waals surface area contributed by atoms with E-state index in [0.29, 0.717) is 0 Å². The number of rotatable bonds is 4. The van der Waals surface area contributed by atoms with E-state index in [9.17, 15) is 0 Å². The first-order valence-electron chi connectivity index (χ1n) is 7.63. The Labute approximate surface area is 122 Å². The molecule has 0 radical (unpaired) electrons. The van der Waals surface area contributed by atoms with Gasteiger partial charge in [-0.25, -0.2) is 4.98 Å². The highest BCUT2D eigenvalue weighted by Crippen LogP contribution is 2.27. The molecular formula is C18H26N2. The fourth-order valence-electron chi connectivity index (χ4n) is 2.35. The van der Waals surface area contributed by atoms with Crippen LogP contribution in [0.3, 0.4) is 0 Å². The molecule has 0 aliphatic heterocycles. The number of hydrogen-bond donors (Lipinski definition) is 1. The Morgan fingerprint density at radius 1 is 1.10 bits per heavy atom. The SMILES string of the molecule is CCCNc1nc2ccc(C(C)(C)C)cc2cc1CC. The molecule has 1 aromatic heterocycles. The molecule has 0 saturated carbocycles. The highest BCUT2D eigenvalue weighted by molar-refractivity contribution is 5.82. The van der Waals surface area contributed by atoms with Crippen molar-refractivity contribution in [3.05, 3.63) is 35.4 Å². The third-order valence-electron chi connectivity index (χ3n) is 3.68. The number of aromatic nitrogens is 1. The molecule has 2 aromatic rings. The van der Waals surface area contributed by atoms with Gasteiger partial charge in [0.25, 0.3) is 0 Å². The number of aryl methyl sites for hydroxylation is 1. The summed E-state index contributed by atoms with van der Waals surface area (Å²) in [5.74, 6) is 1.05. The normalized spacial score (nSPS) is 11.8. The fraction of sp³-hybridized carbons (Fsp3) is 0.500. The summed E-state index contributed by atoms with van der Waals surface area (Å²) in [6, 6.07) is 8.91. The molecule has 1 N–H and O–H groups in total. The van der Waals surface area contributed by atoms with Crippen molar-refractivity contribution in [1.29, 1.82) is 0 Å². The maximum Gasteiger partial charge on any atom is 0.129 e. The van der Waals surface area contributed by atoms with Gasteiger partial charge in [0, 0.05) is 11.9 Å². The Hall–Kier alpha value is -1.57. The molecule has 0 bridgehead atoms. The number of nitrogens with one attached hydrogen (secondary N) is 1. The van der Waals surface area contributed by atoms with Crippen LogP contribution in [-0.2, 0) is 11.8 Å². The van der Waals surface area contributed by atoms with E-state index in [1.807, 2.05) is 0 Å². The zero-order chi connectivity index (χ0) is 14.8. The lowest BCUT2D eigenvalue weighted by Crippen LogP contribution is -2.11. The van der Waals surface area contributed by atoms with Crippen LogP contribution in [-0.4, -0.2) is 11.5 Å². The quantitative estimate of drug-likeness (QED) is 0.853. The van der Waals surface area contributed by atoms with Gasteiger partial charge >= 0.3 is 0 Å². The van der Waals surface area contributed by atoms with Gasteiger partial charge in [-0.2, -0.15) is 0 Å². The topological polar surface area (TPSA) is 24.9 Å². The first-order chi connectivity index (χ1) is 9.45. The number of benzene rings is 1. The van der Waals surface area contributed by atoms with Crippen molar-refractivity contribution >= 4 is 16.7 Å². The molecule has 2 nitrogen and oxygen atoms in total. The lowest BCUT2D eigenvalue weighted by molar-refractivity contribution is 0.591. The van der Waals surface area contributed by atoms with Crippen molar-refractivity contribution in [3.8, 4) is 0 Å². The molecule has 2 rings (SSSR count). The van der Waals surface area contributed by atoms with Crippen molar-refractivity contribution in [3.63, 3.8) is 0 Å². The monoisotopic (exact) mass is 270 g/mol. The van der Waals surface area contributed by atoms with Gasteiger partial charge in [-0.15, -0.1) is 0 Å². The van der Waals surface area contributed by atoms with Crippen LogP contribution in [0.4, 0.5) is 5.82 Å². The fourth-order valence-corrected chi connectivity index (χ4v) is 2.35. The molecular weight excluding hydrogens is 244 g/mol. The minimum Gasteiger partial charge on any atom is -0.370 e. The highest BCUT2D eigenvalue weighted by Gasteiger charge is 2.14. The second-order valence-electron chi connectivity index (χ2n) is 6.43. The van der Waals surface area contributed by atoms with Gasteiger partial charge in [0.15, 0.2) is 0 Å². The van der Waals surface area contributed by atoms with Crippen LogP contribution in [0.15, 0.2) is 24.3 Å². The van der Waals surface area contributed by atoms with Crippen molar-refractivity contribution in [2.24, 2.45) is 0 Å². The van der Waals surface area contributed by atoms with Crippen LogP contribution in [0.1, 0.15) is 52.2 Å². The Morgan fingerprint density at radius 2 is 1.85 bits per heavy atom. The molecule has 1 heterocycles. The zero-order valence-corrected chi connectivity index (χ0v) is 13.4. The largest absolute Gasteiger partial charge is 0.370 e.